The number of hydrogen-bond donors (Lipinski definition) is 0. The molecule has 0 atom stereocenters. The molecule has 0 unspecified atom stereocenters. The van der Waals surface area contributed by atoms with Gasteiger partial charge in [-0.05, 0) is 25.5 Å². The lowest BCUT2D eigenvalue weighted by Crippen LogP contribution is -2.22. The molecule has 2 aromatic carbocycles. The number of aliphatic carboxylic acids is 1. The Bertz CT molecular complexity index is 819. The van der Waals surface area contributed by atoms with E-state index in [-0.39, 0.29) is 17.1 Å². The van der Waals surface area contributed by atoms with Crippen molar-refractivity contribution in [3.63, 3.8) is 0 Å². The van der Waals surface area contributed by atoms with Crippen molar-refractivity contribution in [1.29, 1.82) is 0 Å². The van der Waals surface area contributed by atoms with Gasteiger partial charge in [0.2, 0.25) is 0 Å². The van der Waals surface area contributed by atoms with E-state index < -0.39 is 5.97 Å². The summed E-state index contributed by atoms with van der Waals surface area (Å²) < 4.78 is 0. The molecule has 1 aliphatic rings. The first-order chi connectivity index (χ1) is 10.8. The molecule has 3 rings (SSSR count). The third-order valence-corrected chi connectivity index (χ3v) is 3.43. The first kappa shape index (κ1) is 16.4. The molecule has 4 heteroatoms. The van der Waals surface area contributed by atoms with Crippen molar-refractivity contribution in [3.05, 3.63) is 82.4 Å². The van der Waals surface area contributed by atoms with Crippen molar-refractivity contribution in [1.82, 2.24) is 0 Å². The molecule has 0 bridgehead atoms. The number of benzene rings is 2. The molecule has 2 aromatic rings. The summed E-state index contributed by atoms with van der Waals surface area (Å²) in [6.45, 7) is 6.39. The van der Waals surface area contributed by atoms with Crippen LogP contribution in [-0.2, 0) is 4.79 Å². The average Bonchev–Trinajstić information content (AvgIpc) is 2.53. The minimum Gasteiger partial charge on any atom is -0.545 e. The van der Waals surface area contributed by atoms with E-state index in [1.807, 2.05) is 13.0 Å². The first-order valence-corrected chi connectivity index (χ1v) is 6.99. The third kappa shape index (κ3) is 3.26. The van der Waals surface area contributed by atoms with Gasteiger partial charge in [0.15, 0.2) is 11.6 Å². The highest BCUT2D eigenvalue weighted by Gasteiger charge is 2.28. The SMILES string of the molecule is C=C(C)C(=O)[O-].Cc1ccc2c(c1)C(=O)c1ccccc1C2=O. The molecule has 116 valence electrons. The summed E-state index contributed by atoms with van der Waals surface area (Å²) in [4.78, 5) is 34.0. The Morgan fingerprint density at radius 2 is 1.35 bits per heavy atom. The Morgan fingerprint density at radius 1 is 0.913 bits per heavy atom. The van der Waals surface area contributed by atoms with Crippen LogP contribution < -0.4 is 5.11 Å². The van der Waals surface area contributed by atoms with Crippen molar-refractivity contribution in [3.8, 4) is 0 Å². The second kappa shape index (κ2) is 6.40. The number of carbonyl (C=O) groups is 3. The number of carbonyl (C=O) groups excluding carboxylic acids is 3. The molecule has 0 heterocycles. The monoisotopic (exact) mass is 307 g/mol. The summed E-state index contributed by atoms with van der Waals surface area (Å²) in [5.74, 6) is -1.30. The van der Waals surface area contributed by atoms with Gasteiger partial charge in [0.05, 0.1) is 5.97 Å². The number of ketones is 2. The van der Waals surface area contributed by atoms with Gasteiger partial charge < -0.3 is 9.90 Å². The number of fused-ring (bicyclic) bond motifs is 2. The van der Waals surface area contributed by atoms with Gasteiger partial charge in [-0.1, -0.05) is 48.5 Å². The van der Waals surface area contributed by atoms with E-state index in [9.17, 15) is 19.5 Å². The second-order valence-corrected chi connectivity index (χ2v) is 5.32. The predicted molar refractivity (Wildman–Crippen MR) is 84.3 cm³/mol. The highest BCUT2D eigenvalue weighted by Crippen LogP contribution is 2.27. The van der Waals surface area contributed by atoms with E-state index in [2.05, 4.69) is 6.58 Å². The number of aryl methyl sites for hydroxylation is 1. The minimum absolute atomic E-state index is 0.0566. The number of carboxylic acid groups (broad SMARTS) is 1. The molecule has 0 saturated heterocycles. The second-order valence-electron chi connectivity index (χ2n) is 5.32. The fraction of sp³-hybridized carbons (Fsp3) is 0.105. The fourth-order valence-electron chi connectivity index (χ4n) is 2.21. The maximum absolute atomic E-state index is 12.3. The van der Waals surface area contributed by atoms with Crippen LogP contribution in [0.25, 0.3) is 0 Å². The Balaban J connectivity index is 0.000000277. The molecule has 0 radical (unpaired) electrons. The van der Waals surface area contributed by atoms with E-state index in [1.54, 1.807) is 36.4 Å². The molecule has 0 spiro atoms. The summed E-state index contributed by atoms with van der Waals surface area (Å²) in [5.41, 5.74) is 3.11. The number of rotatable bonds is 1. The van der Waals surface area contributed by atoms with Crippen LogP contribution >= 0.6 is 0 Å². The fourth-order valence-corrected chi connectivity index (χ4v) is 2.21. The standard InChI is InChI=1S/C15H10O2.C4H6O2/c1-9-6-7-12-13(8-9)15(17)11-5-3-2-4-10(11)14(12)16;1-3(2)4(5)6/h2-8H,1H3;1H2,2H3,(H,5,6)/p-1. The topological polar surface area (TPSA) is 74.3 Å². The summed E-state index contributed by atoms with van der Waals surface area (Å²) in [6, 6.07) is 12.4. The summed E-state index contributed by atoms with van der Waals surface area (Å²) >= 11 is 0. The lowest BCUT2D eigenvalue weighted by atomic mass is 9.83. The van der Waals surface area contributed by atoms with Gasteiger partial charge in [-0.2, -0.15) is 0 Å². The van der Waals surface area contributed by atoms with Crippen LogP contribution in [0.2, 0.25) is 0 Å². The number of hydrogen-bond acceptors (Lipinski definition) is 4. The van der Waals surface area contributed by atoms with Gasteiger partial charge in [-0.3, -0.25) is 9.59 Å². The van der Waals surface area contributed by atoms with Gasteiger partial charge in [-0.25, -0.2) is 0 Å². The van der Waals surface area contributed by atoms with Gasteiger partial charge >= 0.3 is 0 Å². The van der Waals surface area contributed by atoms with Crippen LogP contribution in [0.15, 0.2) is 54.6 Å². The van der Waals surface area contributed by atoms with Crippen LogP contribution in [0.4, 0.5) is 0 Å². The number of carboxylic acids is 1. The van der Waals surface area contributed by atoms with Gasteiger partial charge in [-0.15, -0.1) is 0 Å². The molecule has 4 nitrogen and oxygen atoms in total. The smallest absolute Gasteiger partial charge is 0.194 e. The highest BCUT2D eigenvalue weighted by atomic mass is 16.4. The van der Waals surface area contributed by atoms with E-state index in [0.29, 0.717) is 22.3 Å². The maximum atomic E-state index is 12.3. The summed E-state index contributed by atoms with van der Waals surface area (Å²) in [6.07, 6.45) is 0. The molecule has 0 aliphatic heterocycles. The molecule has 0 N–H and O–H groups in total. The van der Waals surface area contributed by atoms with Crippen molar-refractivity contribution < 1.29 is 19.5 Å². The highest BCUT2D eigenvalue weighted by molar-refractivity contribution is 6.28. The van der Waals surface area contributed by atoms with Gasteiger partial charge in [0.1, 0.15) is 0 Å². The molecule has 0 amide bonds. The summed E-state index contributed by atoms with van der Waals surface area (Å²) in [7, 11) is 0. The average molecular weight is 307 g/mol. The van der Waals surface area contributed by atoms with Crippen LogP contribution in [0.3, 0.4) is 0 Å². The molecule has 1 aliphatic carbocycles. The lowest BCUT2D eigenvalue weighted by molar-refractivity contribution is -0.299. The van der Waals surface area contributed by atoms with Crippen molar-refractivity contribution in [2.24, 2.45) is 0 Å². The summed E-state index contributed by atoms with van der Waals surface area (Å²) in [5, 5.41) is 9.49. The Morgan fingerprint density at radius 3 is 1.83 bits per heavy atom. The van der Waals surface area contributed by atoms with Crippen LogP contribution in [0, 0.1) is 6.92 Å². The van der Waals surface area contributed by atoms with Crippen LogP contribution in [0.5, 0.6) is 0 Å². The predicted octanol–water partition coefficient (Wildman–Crippen LogP) is 2.08. The van der Waals surface area contributed by atoms with Gasteiger partial charge in [0.25, 0.3) is 0 Å². The third-order valence-electron chi connectivity index (χ3n) is 3.43. The molecule has 23 heavy (non-hydrogen) atoms. The van der Waals surface area contributed by atoms with Crippen molar-refractivity contribution >= 4 is 17.5 Å². The normalized spacial score (nSPS) is 11.7. The van der Waals surface area contributed by atoms with E-state index >= 15 is 0 Å². The lowest BCUT2D eigenvalue weighted by Gasteiger charge is -2.17. The molecule has 0 fully saturated rings. The van der Waals surface area contributed by atoms with Gasteiger partial charge in [0, 0.05) is 22.3 Å². The first-order valence-electron chi connectivity index (χ1n) is 6.99. The van der Waals surface area contributed by atoms with E-state index in [1.165, 1.54) is 6.92 Å². The molecular weight excluding hydrogens is 292 g/mol. The van der Waals surface area contributed by atoms with Crippen molar-refractivity contribution in [2.75, 3.05) is 0 Å². The van der Waals surface area contributed by atoms with Crippen LogP contribution in [0.1, 0.15) is 44.3 Å². The Kier molecular flexibility index (Phi) is 4.55. The zero-order valence-electron chi connectivity index (χ0n) is 12.9. The zero-order chi connectivity index (χ0) is 17.1. The molecule has 0 aromatic heterocycles. The quantitative estimate of drug-likeness (QED) is 0.645. The van der Waals surface area contributed by atoms with E-state index in [4.69, 9.17) is 0 Å². The van der Waals surface area contributed by atoms with Crippen molar-refractivity contribution in [2.45, 2.75) is 13.8 Å². The molecular formula is C19H15O4-. The minimum atomic E-state index is -1.19. The van der Waals surface area contributed by atoms with Crippen LogP contribution in [-0.4, -0.2) is 17.5 Å². The zero-order valence-corrected chi connectivity index (χ0v) is 12.9. The maximum Gasteiger partial charge on any atom is 0.194 e. The largest absolute Gasteiger partial charge is 0.545 e. The van der Waals surface area contributed by atoms with E-state index in [0.717, 1.165) is 5.56 Å². The Labute approximate surface area is 134 Å². The Hall–Kier alpha value is -3.01. The molecule has 0 saturated carbocycles.